The highest BCUT2D eigenvalue weighted by molar-refractivity contribution is 7.10. The van der Waals surface area contributed by atoms with Crippen molar-refractivity contribution in [3.63, 3.8) is 0 Å². The third-order valence-electron chi connectivity index (χ3n) is 5.90. The molecule has 0 radical (unpaired) electrons. The lowest BCUT2D eigenvalue weighted by Gasteiger charge is -2.38. The Morgan fingerprint density at radius 1 is 1.10 bits per heavy atom. The first kappa shape index (κ1) is 18.5. The van der Waals surface area contributed by atoms with E-state index < -0.39 is 0 Å². The lowest BCUT2D eigenvalue weighted by Crippen LogP contribution is -2.46. The van der Waals surface area contributed by atoms with E-state index in [1.807, 2.05) is 35.9 Å². The summed E-state index contributed by atoms with van der Waals surface area (Å²) < 4.78 is 2.21. The van der Waals surface area contributed by atoms with Crippen LogP contribution in [0.15, 0.2) is 60.4 Å². The zero-order valence-electron chi connectivity index (χ0n) is 16.8. The van der Waals surface area contributed by atoms with E-state index >= 15 is 0 Å². The second-order valence-electron chi connectivity index (χ2n) is 7.80. The molecule has 5 nitrogen and oxygen atoms in total. The van der Waals surface area contributed by atoms with Gasteiger partial charge in [0.15, 0.2) is 0 Å². The van der Waals surface area contributed by atoms with Crippen LogP contribution in [0.3, 0.4) is 0 Å². The SMILES string of the molecule is Cc1ccsc1CN1CCN(C)[C@H](c2cn3c(-c4ccncc4)cccc3n2)C1. The Balaban J connectivity index is 1.45. The van der Waals surface area contributed by atoms with E-state index in [0.717, 1.165) is 48.8 Å². The Labute approximate surface area is 175 Å². The molecule has 6 heteroatoms. The Hall–Kier alpha value is -2.54. The van der Waals surface area contributed by atoms with Crippen molar-refractivity contribution in [1.29, 1.82) is 0 Å². The summed E-state index contributed by atoms with van der Waals surface area (Å²) in [7, 11) is 2.21. The molecule has 1 aliphatic rings. The number of nitrogens with zero attached hydrogens (tertiary/aromatic N) is 5. The fourth-order valence-electron chi connectivity index (χ4n) is 4.11. The van der Waals surface area contributed by atoms with E-state index in [2.05, 4.69) is 69.0 Å². The molecule has 0 bridgehead atoms. The van der Waals surface area contributed by atoms with E-state index in [9.17, 15) is 0 Å². The Morgan fingerprint density at radius 3 is 2.76 bits per heavy atom. The first-order valence-corrected chi connectivity index (χ1v) is 10.9. The standard InChI is InChI=1S/C23H25N5S/c1-17-8-13-29-22(17)16-27-12-11-26(2)21(15-27)19-14-28-20(4-3-5-23(28)25-19)18-6-9-24-10-7-18/h3-10,13-14,21H,11-12,15-16H2,1-2H3/t21-/m0/s1. The van der Waals surface area contributed by atoms with Crippen LogP contribution in [0.4, 0.5) is 0 Å². The largest absolute Gasteiger partial charge is 0.299 e. The minimum absolute atomic E-state index is 0.300. The number of imidazole rings is 1. The number of thiophene rings is 1. The van der Waals surface area contributed by atoms with Crippen molar-refractivity contribution in [3.8, 4) is 11.3 Å². The lowest BCUT2D eigenvalue weighted by molar-refractivity contribution is 0.0891. The first-order chi connectivity index (χ1) is 14.2. The van der Waals surface area contributed by atoms with Crippen LogP contribution in [-0.2, 0) is 6.54 Å². The van der Waals surface area contributed by atoms with Crippen LogP contribution in [0.2, 0.25) is 0 Å². The molecule has 4 aromatic rings. The van der Waals surface area contributed by atoms with E-state index in [4.69, 9.17) is 4.98 Å². The number of pyridine rings is 2. The second kappa shape index (κ2) is 7.71. The predicted octanol–water partition coefficient (Wildman–Crippen LogP) is 4.25. The number of rotatable bonds is 4. The minimum atomic E-state index is 0.300. The van der Waals surface area contributed by atoms with Gasteiger partial charge in [-0.3, -0.25) is 19.2 Å². The molecule has 1 atom stereocenters. The normalized spacial score (nSPS) is 18.5. The fraction of sp³-hybridized carbons (Fsp3) is 0.304. The zero-order valence-corrected chi connectivity index (χ0v) is 17.6. The molecule has 0 aromatic carbocycles. The van der Waals surface area contributed by atoms with Gasteiger partial charge < -0.3 is 0 Å². The number of piperazine rings is 1. The second-order valence-corrected chi connectivity index (χ2v) is 8.80. The van der Waals surface area contributed by atoms with E-state index in [1.165, 1.54) is 10.4 Å². The quantitative estimate of drug-likeness (QED) is 0.510. The summed E-state index contributed by atoms with van der Waals surface area (Å²) in [6, 6.07) is 12.9. The smallest absolute Gasteiger partial charge is 0.137 e. The van der Waals surface area contributed by atoms with Crippen LogP contribution in [0, 0.1) is 6.92 Å². The van der Waals surface area contributed by atoms with Gasteiger partial charge in [0.25, 0.3) is 0 Å². The molecule has 5 rings (SSSR count). The number of aryl methyl sites for hydroxylation is 1. The molecule has 0 N–H and O–H groups in total. The number of aromatic nitrogens is 3. The summed E-state index contributed by atoms with van der Waals surface area (Å²) in [6.07, 6.45) is 5.89. The Morgan fingerprint density at radius 2 is 1.97 bits per heavy atom. The maximum atomic E-state index is 5.00. The van der Waals surface area contributed by atoms with Gasteiger partial charge in [0.1, 0.15) is 5.65 Å². The van der Waals surface area contributed by atoms with E-state index in [-0.39, 0.29) is 0 Å². The average Bonchev–Trinajstić information content (AvgIpc) is 3.36. The third kappa shape index (κ3) is 3.59. The molecule has 1 saturated heterocycles. The van der Waals surface area contributed by atoms with Gasteiger partial charge in [0.2, 0.25) is 0 Å². The van der Waals surface area contributed by atoms with Crippen molar-refractivity contribution in [2.24, 2.45) is 0 Å². The van der Waals surface area contributed by atoms with E-state index in [0.29, 0.717) is 6.04 Å². The third-order valence-corrected chi connectivity index (χ3v) is 6.90. The fourth-order valence-corrected chi connectivity index (χ4v) is 5.06. The molecule has 0 amide bonds. The summed E-state index contributed by atoms with van der Waals surface area (Å²) >= 11 is 1.86. The van der Waals surface area contributed by atoms with Crippen LogP contribution in [0.25, 0.3) is 16.9 Å². The molecule has 1 fully saturated rings. The number of hydrogen-bond acceptors (Lipinski definition) is 5. The maximum Gasteiger partial charge on any atom is 0.137 e. The summed E-state index contributed by atoms with van der Waals surface area (Å²) in [5.74, 6) is 0. The highest BCUT2D eigenvalue weighted by Gasteiger charge is 2.28. The van der Waals surface area contributed by atoms with Crippen molar-refractivity contribution in [2.45, 2.75) is 19.5 Å². The molecule has 0 unspecified atom stereocenters. The highest BCUT2D eigenvalue weighted by Crippen LogP contribution is 2.28. The minimum Gasteiger partial charge on any atom is -0.299 e. The van der Waals surface area contributed by atoms with Gasteiger partial charge in [-0.2, -0.15) is 0 Å². The highest BCUT2D eigenvalue weighted by atomic mass is 32.1. The number of fused-ring (bicyclic) bond motifs is 1. The summed E-state index contributed by atoms with van der Waals surface area (Å²) in [5, 5.41) is 2.20. The Kier molecular flexibility index (Phi) is 4.91. The van der Waals surface area contributed by atoms with Crippen LogP contribution in [0.5, 0.6) is 0 Å². The molecular weight excluding hydrogens is 378 g/mol. The molecule has 0 spiro atoms. The van der Waals surface area contributed by atoms with E-state index in [1.54, 1.807) is 0 Å². The van der Waals surface area contributed by atoms with Crippen molar-refractivity contribution in [1.82, 2.24) is 24.2 Å². The van der Waals surface area contributed by atoms with Crippen molar-refractivity contribution in [2.75, 3.05) is 26.7 Å². The topological polar surface area (TPSA) is 36.7 Å². The van der Waals surface area contributed by atoms with Crippen LogP contribution in [-0.4, -0.2) is 50.9 Å². The number of hydrogen-bond donors (Lipinski definition) is 0. The van der Waals surface area contributed by atoms with Gasteiger partial charge >= 0.3 is 0 Å². The maximum absolute atomic E-state index is 5.00. The van der Waals surface area contributed by atoms with Gasteiger partial charge in [-0.05, 0) is 55.2 Å². The van der Waals surface area contributed by atoms with Gasteiger partial charge in [0, 0.05) is 55.2 Å². The molecule has 0 aliphatic carbocycles. The Bertz CT molecular complexity index is 1120. The van der Waals surface area contributed by atoms with Crippen molar-refractivity contribution in [3.05, 3.63) is 76.5 Å². The number of likely N-dealkylation sites (N-methyl/N-ethyl adjacent to an activating group) is 1. The molecule has 5 heterocycles. The first-order valence-electron chi connectivity index (χ1n) is 10.0. The van der Waals surface area contributed by atoms with Gasteiger partial charge in [-0.15, -0.1) is 11.3 Å². The van der Waals surface area contributed by atoms with Crippen molar-refractivity contribution >= 4 is 17.0 Å². The predicted molar refractivity (Wildman–Crippen MR) is 118 cm³/mol. The van der Waals surface area contributed by atoms with Crippen LogP contribution < -0.4 is 0 Å². The molecule has 0 saturated carbocycles. The molecule has 1 aliphatic heterocycles. The molecule has 4 aromatic heterocycles. The van der Waals surface area contributed by atoms with Gasteiger partial charge in [-0.1, -0.05) is 6.07 Å². The van der Waals surface area contributed by atoms with Crippen molar-refractivity contribution < 1.29 is 0 Å². The summed E-state index contributed by atoms with van der Waals surface area (Å²) in [5.41, 5.74) is 5.84. The summed E-state index contributed by atoms with van der Waals surface area (Å²) in [6.45, 7) is 6.40. The monoisotopic (exact) mass is 403 g/mol. The van der Waals surface area contributed by atoms with Gasteiger partial charge in [0.05, 0.1) is 17.4 Å². The molecule has 148 valence electrons. The summed E-state index contributed by atoms with van der Waals surface area (Å²) in [4.78, 5) is 15.6. The van der Waals surface area contributed by atoms with Crippen LogP contribution >= 0.6 is 11.3 Å². The molecule has 29 heavy (non-hydrogen) atoms. The lowest BCUT2D eigenvalue weighted by atomic mass is 10.1. The average molecular weight is 404 g/mol. The van der Waals surface area contributed by atoms with Crippen LogP contribution in [0.1, 0.15) is 22.2 Å². The van der Waals surface area contributed by atoms with Gasteiger partial charge in [-0.25, -0.2) is 4.98 Å². The zero-order chi connectivity index (χ0) is 19.8. The molecular formula is C23H25N5S.